The van der Waals surface area contributed by atoms with Crippen LogP contribution in [0, 0.1) is 0 Å². The van der Waals surface area contributed by atoms with E-state index in [1.807, 2.05) is 6.07 Å². The van der Waals surface area contributed by atoms with Crippen LogP contribution in [-0.4, -0.2) is 9.80 Å². The van der Waals surface area contributed by atoms with Crippen molar-refractivity contribution in [2.24, 2.45) is 0 Å². The fourth-order valence-corrected chi connectivity index (χ4v) is 0.712. The van der Waals surface area contributed by atoms with Crippen molar-refractivity contribution in [2.45, 2.75) is 0 Å². The molecular formula is C7H7CuNO2S2. The Kier molecular flexibility index (Phi) is 6.07. The van der Waals surface area contributed by atoms with E-state index in [2.05, 4.69) is 25.6 Å². The number of benzene rings is 1. The summed E-state index contributed by atoms with van der Waals surface area (Å²) in [5, 5.41) is 0. The quantitative estimate of drug-likeness (QED) is 0.602. The Bertz CT molecular complexity index is 268. The SMILES string of the molecule is O=C(Oc1ccccc1)N(S)S.[Cu]. The molecule has 0 saturated heterocycles. The average molecular weight is 265 g/mol. The van der Waals surface area contributed by atoms with Crippen molar-refractivity contribution < 1.29 is 26.6 Å². The molecule has 75 valence electrons. The Balaban J connectivity index is 0.00000144. The van der Waals surface area contributed by atoms with Crippen LogP contribution in [0.5, 0.6) is 5.75 Å². The van der Waals surface area contributed by atoms with Crippen molar-refractivity contribution in [3.8, 4) is 5.75 Å². The third-order valence-corrected chi connectivity index (χ3v) is 1.44. The summed E-state index contributed by atoms with van der Waals surface area (Å²) in [5.41, 5.74) is 0. The molecule has 0 unspecified atom stereocenters. The summed E-state index contributed by atoms with van der Waals surface area (Å²) in [5.74, 6) is 0.468. The van der Waals surface area contributed by atoms with Gasteiger partial charge in [-0.1, -0.05) is 18.2 Å². The molecule has 0 saturated carbocycles. The predicted octanol–water partition coefficient (Wildman–Crippen LogP) is 2.17. The van der Waals surface area contributed by atoms with E-state index >= 15 is 0 Å². The Hall–Kier alpha value is -0.291. The molecule has 0 aliphatic rings. The molecule has 0 spiro atoms. The molecule has 1 amide bonds. The van der Waals surface area contributed by atoms with Gasteiger partial charge in [-0.25, -0.2) is 4.79 Å². The molecule has 1 aromatic carbocycles. The molecule has 0 aliphatic carbocycles. The topological polar surface area (TPSA) is 29.5 Å². The van der Waals surface area contributed by atoms with Gasteiger partial charge in [0.25, 0.3) is 0 Å². The molecule has 0 fully saturated rings. The third kappa shape index (κ3) is 4.47. The van der Waals surface area contributed by atoms with Gasteiger partial charge in [0.05, 0.1) is 0 Å². The number of ether oxygens (including phenoxy) is 1. The van der Waals surface area contributed by atoms with Crippen LogP contribution in [0.2, 0.25) is 0 Å². The molecule has 0 aliphatic heterocycles. The molecule has 0 bridgehead atoms. The molecule has 6 heteroatoms. The maximum absolute atomic E-state index is 10.9. The van der Waals surface area contributed by atoms with E-state index < -0.39 is 6.09 Å². The number of carbonyl (C=O) groups is 1. The standard InChI is InChI=1S/C7H7NO2S2.Cu/c9-7(8(11)12)10-6-4-2-1-3-5-6;/h1-5,11-12H;. The molecule has 3 nitrogen and oxygen atoms in total. The van der Waals surface area contributed by atoms with E-state index in [4.69, 9.17) is 4.74 Å². The zero-order valence-corrected chi connectivity index (χ0v) is 9.08. The van der Waals surface area contributed by atoms with Gasteiger partial charge in [-0.2, -0.15) is 3.71 Å². The number of nitrogens with zero attached hydrogens (tertiary/aromatic N) is 1. The molecular weight excluding hydrogens is 258 g/mol. The van der Waals surface area contributed by atoms with Crippen LogP contribution < -0.4 is 4.74 Å². The number of thiol groups is 2. The van der Waals surface area contributed by atoms with Gasteiger partial charge in [-0.15, -0.1) is 0 Å². The molecule has 0 N–H and O–H groups in total. The minimum atomic E-state index is -0.632. The molecule has 1 radical (unpaired) electrons. The summed E-state index contributed by atoms with van der Waals surface area (Å²) >= 11 is 7.29. The van der Waals surface area contributed by atoms with Crippen LogP contribution in [0.25, 0.3) is 0 Å². The fraction of sp³-hybridized carbons (Fsp3) is 0. The average Bonchev–Trinajstić information content (AvgIpc) is 2.06. The van der Waals surface area contributed by atoms with Crippen molar-refractivity contribution in [3.05, 3.63) is 30.3 Å². The minimum absolute atomic E-state index is 0. The molecule has 0 aromatic heterocycles. The molecule has 1 aromatic rings. The normalized spacial score (nSPS) is 8.46. The molecule has 0 atom stereocenters. The number of hydrogen-bond acceptors (Lipinski definition) is 4. The summed E-state index contributed by atoms with van der Waals surface area (Å²) in [6.07, 6.45) is -0.632. The van der Waals surface area contributed by atoms with Gasteiger partial charge in [0, 0.05) is 17.1 Å². The van der Waals surface area contributed by atoms with Crippen LogP contribution in [0.3, 0.4) is 0 Å². The Morgan fingerprint density at radius 1 is 1.23 bits per heavy atom. The van der Waals surface area contributed by atoms with Crippen molar-refractivity contribution in [1.29, 1.82) is 0 Å². The number of carbonyl (C=O) groups excluding carboxylic acids is 1. The summed E-state index contributed by atoms with van der Waals surface area (Å²) in [6.45, 7) is 0. The summed E-state index contributed by atoms with van der Waals surface area (Å²) in [6, 6.07) is 8.70. The van der Waals surface area contributed by atoms with Gasteiger partial charge in [0.2, 0.25) is 0 Å². The first-order chi connectivity index (χ1) is 5.70. The van der Waals surface area contributed by atoms with E-state index in [1.54, 1.807) is 24.3 Å². The number of hydrogen-bond donors (Lipinski definition) is 2. The van der Waals surface area contributed by atoms with Gasteiger partial charge in [-0.3, -0.25) is 0 Å². The van der Waals surface area contributed by atoms with E-state index in [0.29, 0.717) is 5.75 Å². The van der Waals surface area contributed by atoms with E-state index in [9.17, 15) is 4.79 Å². The van der Waals surface area contributed by atoms with Crippen LogP contribution in [0.4, 0.5) is 4.79 Å². The maximum atomic E-state index is 10.9. The van der Waals surface area contributed by atoms with Crippen LogP contribution >= 0.6 is 25.6 Å². The van der Waals surface area contributed by atoms with E-state index in [0.717, 1.165) is 3.71 Å². The smallest absolute Gasteiger partial charge is 0.409 e. The maximum Gasteiger partial charge on any atom is 0.435 e. The summed E-state index contributed by atoms with van der Waals surface area (Å²) in [4.78, 5) is 10.9. The second-order valence-corrected chi connectivity index (χ2v) is 3.09. The predicted molar refractivity (Wildman–Crippen MR) is 52.3 cm³/mol. The zero-order chi connectivity index (χ0) is 8.97. The molecule has 13 heavy (non-hydrogen) atoms. The number of para-hydroxylation sites is 1. The van der Waals surface area contributed by atoms with Crippen molar-refractivity contribution >= 4 is 31.7 Å². The first-order valence-corrected chi connectivity index (χ1v) is 3.95. The van der Waals surface area contributed by atoms with Crippen LogP contribution in [0.1, 0.15) is 0 Å². The zero-order valence-electron chi connectivity index (χ0n) is 6.35. The van der Waals surface area contributed by atoms with Gasteiger partial charge >= 0.3 is 6.09 Å². The first kappa shape index (κ1) is 12.7. The largest absolute Gasteiger partial charge is 0.435 e. The van der Waals surface area contributed by atoms with Crippen molar-refractivity contribution in [3.63, 3.8) is 0 Å². The van der Waals surface area contributed by atoms with E-state index in [1.165, 1.54) is 0 Å². The number of rotatable bonds is 1. The Morgan fingerprint density at radius 2 is 1.77 bits per heavy atom. The van der Waals surface area contributed by atoms with Crippen molar-refractivity contribution in [1.82, 2.24) is 3.71 Å². The monoisotopic (exact) mass is 264 g/mol. The fourth-order valence-electron chi connectivity index (χ4n) is 0.630. The van der Waals surface area contributed by atoms with E-state index in [-0.39, 0.29) is 17.1 Å². The second-order valence-electron chi connectivity index (χ2n) is 1.97. The van der Waals surface area contributed by atoms with Gasteiger partial charge < -0.3 is 4.74 Å². The molecule has 1 rings (SSSR count). The summed E-state index contributed by atoms with van der Waals surface area (Å²) < 4.78 is 5.58. The summed E-state index contributed by atoms with van der Waals surface area (Å²) in [7, 11) is 0. The van der Waals surface area contributed by atoms with Crippen molar-refractivity contribution in [2.75, 3.05) is 0 Å². The van der Waals surface area contributed by atoms with Crippen LogP contribution in [0.15, 0.2) is 30.3 Å². The van der Waals surface area contributed by atoms with Crippen LogP contribution in [-0.2, 0) is 17.1 Å². The first-order valence-electron chi connectivity index (χ1n) is 3.15. The van der Waals surface area contributed by atoms with Gasteiger partial charge in [0.15, 0.2) is 0 Å². The third-order valence-electron chi connectivity index (χ3n) is 1.11. The molecule has 0 heterocycles. The van der Waals surface area contributed by atoms with Gasteiger partial charge in [-0.05, 0) is 37.8 Å². The second kappa shape index (κ2) is 6.21. The Morgan fingerprint density at radius 3 is 2.23 bits per heavy atom. The number of amides is 1. The Labute approximate surface area is 98.0 Å². The minimum Gasteiger partial charge on any atom is -0.409 e. The van der Waals surface area contributed by atoms with Gasteiger partial charge in [0.1, 0.15) is 5.75 Å².